The third kappa shape index (κ3) is 6.03. The Morgan fingerprint density at radius 1 is 1.32 bits per heavy atom. The minimum atomic E-state index is -0.503. The van der Waals surface area contributed by atoms with Crippen molar-refractivity contribution in [2.45, 2.75) is 19.8 Å². The van der Waals surface area contributed by atoms with Gasteiger partial charge in [-0.3, -0.25) is 4.79 Å². The third-order valence-electron chi connectivity index (χ3n) is 3.33. The summed E-state index contributed by atoms with van der Waals surface area (Å²) in [4.78, 5) is 11.7. The van der Waals surface area contributed by atoms with Crippen molar-refractivity contribution in [3.05, 3.63) is 63.4 Å². The van der Waals surface area contributed by atoms with E-state index in [9.17, 15) is 9.18 Å². The number of amides is 1. The van der Waals surface area contributed by atoms with E-state index in [-0.39, 0.29) is 22.9 Å². The zero-order valence-electron chi connectivity index (χ0n) is 13.6. The highest BCUT2D eigenvalue weighted by atomic mass is 35.5. The number of nitrogens with zero attached hydrogens (tertiary/aromatic N) is 1. The van der Waals surface area contributed by atoms with Crippen LogP contribution in [0.15, 0.2) is 41.5 Å². The van der Waals surface area contributed by atoms with Gasteiger partial charge in [0.05, 0.1) is 17.8 Å². The number of hydrogen-bond acceptors (Lipinski definition) is 3. The van der Waals surface area contributed by atoms with Crippen LogP contribution in [-0.4, -0.2) is 18.7 Å². The second-order valence-corrected chi connectivity index (χ2v) is 6.13. The maximum Gasteiger partial charge on any atom is 0.240 e. The van der Waals surface area contributed by atoms with E-state index in [4.69, 9.17) is 27.9 Å². The summed E-state index contributed by atoms with van der Waals surface area (Å²) < 4.78 is 19.1. The average molecular weight is 383 g/mol. The summed E-state index contributed by atoms with van der Waals surface area (Å²) in [6, 6.07) is 9.66. The largest absolute Gasteiger partial charge is 0.493 e. The van der Waals surface area contributed by atoms with E-state index in [1.165, 1.54) is 18.3 Å². The molecule has 2 aromatic carbocycles. The fourth-order valence-electron chi connectivity index (χ4n) is 2.05. The molecule has 0 fully saturated rings. The first-order valence-corrected chi connectivity index (χ1v) is 8.38. The van der Waals surface area contributed by atoms with Crippen molar-refractivity contribution < 1.29 is 13.9 Å². The molecule has 0 unspecified atom stereocenters. The van der Waals surface area contributed by atoms with Crippen LogP contribution in [0.4, 0.5) is 4.39 Å². The van der Waals surface area contributed by atoms with Crippen molar-refractivity contribution in [1.29, 1.82) is 0 Å². The Balaban J connectivity index is 1.73. The number of nitrogens with one attached hydrogen (secondary N) is 1. The molecule has 2 aromatic rings. The first kappa shape index (κ1) is 19.2. The molecular weight excluding hydrogens is 366 g/mol. The Hall–Kier alpha value is -2.11. The normalized spacial score (nSPS) is 10.9. The molecule has 25 heavy (non-hydrogen) atoms. The van der Waals surface area contributed by atoms with Crippen molar-refractivity contribution in [2.24, 2.45) is 5.10 Å². The number of aryl methyl sites for hydroxylation is 1. The molecule has 0 aromatic heterocycles. The van der Waals surface area contributed by atoms with Crippen LogP contribution >= 0.6 is 23.2 Å². The van der Waals surface area contributed by atoms with Crippen molar-refractivity contribution >= 4 is 35.3 Å². The van der Waals surface area contributed by atoms with Gasteiger partial charge in [0.2, 0.25) is 5.91 Å². The van der Waals surface area contributed by atoms with E-state index in [2.05, 4.69) is 10.5 Å². The Morgan fingerprint density at radius 2 is 2.12 bits per heavy atom. The van der Waals surface area contributed by atoms with Crippen LogP contribution in [-0.2, 0) is 4.79 Å². The highest BCUT2D eigenvalue weighted by molar-refractivity contribution is 6.33. The zero-order valence-corrected chi connectivity index (χ0v) is 15.1. The lowest BCUT2D eigenvalue weighted by molar-refractivity contribution is -0.121. The standard InChI is InChI=1S/C18H17Cl2FN2O2/c1-12-10-13(19)7-8-17(12)25-9-3-6-18(24)23-22-11-14-15(20)4-2-5-16(14)21/h2,4-5,7-8,10-11H,3,6,9H2,1H3,(H,23,24). The Morgan fingerprint density at radius 3 is 2.84 bits per heavy atom. The summed E-state index contributed by atoms with van der Waals surface area (Å²) in [7, 11) is 0. The van der Waals surface area contributed by atoms with Gasteiger partial charge in [-0.05, 0) is 49.2 Å². The molecule has 0 saturated heterocycles. The summed E-state index contributed by atoms with van der Waals surface area (Å²) in [5, 5.41) is 4.60. The monoisotopic (exact) mass is 382 g/mol. The van der Waals surface area contributed by atoms with Gasteiger partial charge >= 0.3 is 0 Å². The SMILES string of the molecule is Cc1cc(Cl)ccc1OCCCC(=O)NN=Cc1c(F)cccc1Cl. The minimum Gasteiger partial charge on any atom is -0.493 e. The highest BCUT2D eigenvalue weighted by Crippen LogP contribution is 2.22. The van der Waals surface area contributed by atoms with Crippen LogP contribution in [0.3, 0.4) is 0 Å². The van der Waals surface area contributed by atoms with E-state index in [1.807, 2.05) is 13.0 Å². The van der Waals surface area contributed by atoms with Gasteiger partial charge in [-0.25, -0.2) is 9.82 Å². The lowest BCUT2D eigenvalue weighted by atomic mass is 10.2. The number of carbonyl (C=O) groups is 1. The molecule has 0 atom stereocenters. The molecule has 1 N–H and O–H groups in total. The molecule has 0 aliphatic heterocycles. The van der Waals surface area contributed by atoms with Crippen LogP contribution < -0.4 is 10.2 Å². The molecule has 0 spiro atoms. The second-order valence-electron chi connectivity index (χ2n) is 5.29. The van der Waals surface area contributed by atoms with Crippen LogP contribution in [0.1, 0.15) is 24.0 Å². The average Bonchev–Trinajstić information content (AvgIpc) is 2.56. The predicted octanol–water partition coefficient (Wildman–Crippen LogP) is 4.75. The van der Waals surface area contributed by atoms with Gasteiger partial charge in [-0.1, -0.05) is 29.3 Å². The zero-order chi connectivity index (χ0) is 18.2. The maximum absolute atomic E-state index is 13.5. The van der Waals surface area contributed by atoms with Crippen LogP contribution in [0, 0.1) is 12.7 Å². The molecule has 0 heterocycles. The lowest BCUT2D eigenvalue weighted by Crippen LogP contribution is -2.18. The van der Waals surface area contributed by atoms with Gasteiger partial charge in [-0.15, -0.1) is 0 Å². The summed E-state index contributed by atoms with van der Waals surface area (Å²) in [5.41, 5.74) is 3.40. The summed E-state index contributed by atoms with van der Waals surface area (Å²) in [6.45, 7) is 2.29. The fraction of sp³-hybridized carbons (Fsp3) is 0.222. The van der Waals surface area contributed by atoms with Crippen LogP contribution in [0.2, 0.25) is 10.0 Å². The number of rotatable bonds is 7. The molecule has 1 amide bonds. The molecule has 0 saturated carbocycles. The molecule has 4 nitrogen and oxygen atoms in total. The quantitative estimate of drug-likeness (QED) is 0.426. The van der Waals surface area contributed by atoms with Gasteiger partial charge in [0.25, 0.3) is 0 Å². The third-order valence-corrected chi connectivity index (χ3v) is 3.89. The molecule has 132 valence electrons. The Bertz CT molecular complexity index is 761. The summed E-state index contributed by atoms with van der Waals surface area (Å²) in [5.74, 6) is -0.0607. The van der Waals surface area contributed by atoms with E-state index in [0.29, 0.717) is 18.1 Å². The van der Waals surface area contributed by atoms with Gasteiger partial charge in [0, 0.05) is 17.0 Å². The molecule has 7 heteroatoms. The molecule has 0 aliphatic carbocycles. The van der Waals surface area contributed by atoms with Crippen LogP contribution in [0.5, 0.6) is 5.75 Å². The van der Waals surface area contributed by atoms with Crippen molar-refractivity contribution in [2.75, 3.05) is 6.61 Å². The predicted molar refractivity (Wildman–Crippen MR) is 98.1 cm³/mol. The first-order chi connectivity index (χ1) is 12.0. The number of halogens is 3. The number of benzene rings is 2. The Kier molecular flexibility index (Phi) is 7.22. The minimum absolute atomic E-state index is 0.131. The molecular formula is C18H17Cl2FN2O2. The van der Waals surface area contributed by atoms with Gasteiger partial charge in [-0.2, -0.15) is 5.10 Å². The van der Waals surface area contributed by atoms with Gasteiger partial charge in [0.1, 0.15) is 11.6 Å². The molecule has 0 aliphatic rings. The van der Waals surface area contributed by atoms with Gasteiger partial charge < -0.3 is 4.74 Å². The summed E-state index contributed by atoms with van der Waals surface area (Å²) >= 11 is 11.7. The van der Waals surface area contributed by atoms with Crippen molar-refractivity contribution in [3.8, 4) is 5.75 Å². The number of carbonyl (C=O) groups excluding carboxylic acids is 1. The summed E-state index contributed by atoms with van der Waals surface area (Å²) in [6.07, 6.45) is 1.93. The topological polar surface area (TPSA) is 50.7 Å². The number of ether oxygens (including phenoxy) is 1. The lowest BCUT2D eigenvalue weighted by Gasteiger charge is -2.08. The molecule has 0 radical (unpaired) electrons. The first-order valence-electron chi connectivity index (χ1n) is 7.62. The smallest absolute Gasteiger partial charge is 0.240 e. The van der Waals surface area contributed by atoms with E-state index in [0.717, 1.165) is 11.3 Å². The molecule has 2 rings (SSSR count). The maximum atomic E-state index is 13.5. The number of hydrazone groups is 1. The second kappa shape index (κ2) is 9.39. The van der Waals surface area contributed by atoms with E-state index < -0.39 is 5.82 Å². The van der Waals surface area contributed by atoms with E-state index >= 15 is 0 Å². The number of hydrogen-bond donors (Lipinski definition) is 1. The Labute approximate surface area is 155 Å². The van der Waals surface area contributed by atoms with Gasteiger partial charge in [0.15, 0.2) is 0 Å². The van der Waals surface area contributed by atoms with E-state index in [1.54, 1.807) is 18.2 Å². The highest BCUT2D eigenvalue weighted by Gasteiger charge is 2.05. The molecule has 0 bridgehead atoms. The van der Waals surface area contributed by atoms with Crippen molar-refractivity contribution in [3.63, 3.8) is 0 Å². The fourth-order valence-corrected chi connectivity index (χ4v) is 2.49. The van der Waals surface area contributed by atoms with Crippen LogP contribution in [0.25, 0.3) is 0 Å². The van der Waals surface area contributed by atoms with Crippen molar-refractivity contribution in [1.82, 2.24) is 5.43 Å².